The molecule has 2 aliphatic rings. The molecule has 5 rings (SSSR count). The van der Waals surface area contributed by atoms with E-state index in [1.54, 1.807) is 31.5 Å². The molecular weight excluding hydrogens is 588 g/mol. The number of nitrogens with one attached hydrogen (secondary N) is 1. The van der Waals surface area contributed by atoms with E-state index in [2.05, 4.69) is 69.5 Å². The molecule has 2 fully saturated rings. The van der Waals surface area contributed by atoms with E-state index in [0.717, 1.165) is 51.9 Å². The molecule has 0 bridgehead atoms. The first-order valence-corrected chi connectivity index (χ1v) is 17.4. The third kappa shape index (κ3) is 7.66. The Kier molecular flexibility index (Phi) is 10.8. The Labute approximate surface area is 268 Å². The molecule has 0 saturated carbocycles. The number of methoxy groups -OCH3 is 1. The van der Waals surface area contributed by atoms with Crippen LogP contribution in [0.5, 0.6) is 11.6 Å². The molecule has 2 aromatic carbocycles. The van der Waals surface area contributed by atoms with Crippen LogP contribution in [-0.2, 0) is 22.1 Å². The number of rotatable bonds is 12. The average molecular weight is 637 g/mol. The summed E-state index contributed by atoms with van der Waals surface area (Å²) in [4.78, 5) is 14.3. The zero-order chi connectivity index (χ0) is 32.0. The standard InChI is InChI=1S/C34H48N6O4S/c1-26-22-30(43-5)23-27(2)33(26)45(41,42)40-18-9-12-29(25-40)44-32-13-16-36-31(37-32)24-35-17-21-39-19-14-34(15-20-39,38(3)4)28-10-7-6-8-11-28/h6-8,10-11,13,16,22-23,29,35H,9,12,14-15,17-21,24-25H2,1-5H3. The SMILES string of the molecule is COc1cc(C)c(S(=O)(=O)N2CCCC(Oc3ccnc(CNCCN4CCC(c5ccccc5)(N(C)C)CC4)n3)C2)c(C)c1. The molecule has 3 aromatic rings. The van der Waals surface area contributed by atoms with Crippen LogP contribution >= 0.6 is 0 Å². The minimum Gasteiger partial charge on any atom is -0.497 e. The van der Waals surface area contributed by atoms with Crippen molar-refractivity contribution in [1.82, 2.24) is 29.4 Å². The summed E-state index contributed by atoms with van der Waals surface area (Å²) in [5.74, 6) is 1.78. The number of ether oxygens (including phenoxy) is 2. The molecule has 2 aliphatic heterocycles. The summed E-state index contributed by atoms with van der Waals surface area (Å²) in [6.45, 7) is 8.82. The van der Waals surface area contributed by atoms with Crippen LogP contribution in [0, 0.1) is 13.8 Å². The lowest BCUT2D eigenvalue weighted by atomic mass is 9.80. The summed E-state index contributed by atoms with van der Waals surface area (Å²) in [6.07, 6.45) is 5.11. The van der Waals surface area contributed by atoms with Gasteiger partial charge in [-0.1, -0.05) is 30.3 Å². The Morgan fingerprint density at radius 1 is 1.04 bits per heavy atom. The lowest BCUT2D eigenvalue weighted by Gasteiger charge is -2.46. The van der Waals surface area contributed by atoms with Crippen LogP contribution < -0.4 is 14.8 Å². The van der Waals surface area contributed by atoms with E-state index in [-0.39, 0.29) is 18.2 Å². The van der Waals surface area contributed by atoms with E-state index in [0.29, 0.717) is 46.6 Å². The summed E-state index contributed by atoms with van der Waals surface area (Å²) in [6, 6.07) is 16.1. The van der Waals surface area contributed by atoms with E-state index in [9.17, 15) is 8.42 Å². The van der Waals surface area contributed by atoms with Crippen LogP contribution in [0.25, 0.3) is 0 Å². The second-order valence-electron chi connectivity index (χ2n) is 12.5. The maximum atomic E-state index is 13.7. The molecule has 244 valence electrons. The quantitative estimate of drug-likeness (QED) is 0.296. The highest BCUT2D eigenvalue weighted by Gasteiger charge is 2.38. The largest absolute Gasteiger partial charge is 0.497 e. The zero-order valence-electron chi connectivity index (χ0n) is 27.3. The van der Waals surface area contributed by atoms with Crippen LogP contribution in [0.15, 0.2) is 59.6 Å². The van der Waals surface area contributed by atoms with Gasteiger partial charge < -0.3 is 19.7 Å². The van der Waals surface area contributed by atoms with Gasteiger partial charge in [-0.25, -0.2) is 13.4 Å². The highest BCUT2D eigenvalue weighted by molar-refractivity contribution is 7.89. The Hall–Kier alpha value is -3.09. The number of sulfonamides is 1. The van der Waals surface area contributed by atoms with Gasteiger partial charge in [0.25, 0.3) is 0 Å². The van der Waals surface area contributed by atoms with Crippen molar-refractivity contribution in [3.8, 4) is 11.6 Å². The van der Waals surface area contributed by atoms with Crippen molar-refractivity contribution in [3.05, 3.63) is 77.2 Å². The predicted octanol–water partition coefficient (Wildman–Crippen LogP) is 3.98. The summed E-state index contributed by atoms with van der Waals surface area (Å²) >= 11 is 0. The number of hydrogen-bond donors (Lipinski definition) is 1. The van der Waals surface area contributed by atoms with E-state index >= 15 is 0 Å². The van der Waals surface area contributed by atoms with Crippen molar-refractivity contribution in [2.75, 3.05) is 60.5 Å². The molecule has 1 N–H and O–H groups in total. The second kappa shape index (κ2) is 14.6. The minimum atomic E-state index is -3.68. The summed E-state index contributed by atoms with van der Waals surface area (Å²) in [5.41, 5.74) is 2.85. The van der Waals surface area contributed by atoms with Gasteiger partial charge in [-0.15, -0.1) is 0 Å². The summed E-state index contributed by atoms with van der Waals surface area (Å²) < 4.78 is 40.4. The molecule has 11 heteroatoms. The van der Waals surface area contributed by atoms with Crippen molar-refractivity contribution < 1.29 is 17.9 Å². The number of hydrogen-bond acceptors (Lipinski definition) is 9. The molecule has 1 unspecified atom stereocenters. The van der Waals surface area contributed by atoms with Crippen molar-refractivity contribution in [2.45, 2.75) is 62.6 Å². The molecule has 1 atom stereocenters. The molecule has 0 spiro atoms. The molecule has 45 heavy (non-hydrogen) atoms. The summed E-state index contributed by atoms with van der Waals surface area (Å²) in [7, 11) is 2.29. The monoisotopic (exact) mass is 636 g/mol. The fourth-order valence-electron chi connectivity index (χ4n) is 6.81. The molecule has 2 saturated heterocycles. The number of aromatic nitrogens is 2. The van der Waals surface area contributed by atoms with E-state index in [1.165, 1.54) is 9.87 Å². The van der Waals surface area contributed by atoms with Crippen LogP contribution in [0.2, 0.25) is 0 Å². The fourth-order valence-corrected chi connectivity index (χ4v) is 8.73. The lowest BCUT2D eigenvalue weighted by molar-refractivity contribution is 0.0543. The first-order valence-electron chi connectivity index (χ1n) is 15.9. The van der Waals surface area contributed by atoms with E-state index < -0.39 is 10.0 Å². The van der Waals surface area contributed by atoms with Gasteiger partial charge in [0.1, 0.15) is 17.7 Å². The molecule has 1 aromatic heterocycles. The van der Waals surface area contributed by atoms with Gasteiger partial charge in [0, 0.05) is 50.5 Å². The third-order valence-corrected chi connectivity index (χ3v) is 11.5. The third-order valence-electron chi connectivity index (χ3n) is 9.31. The van der Waals surface area contributed by atoms with Crippen LogP contribution in [0.1, 0.15) is 48.2 Å². The van der Waals surface area contributed by atoms with Crippen molar-refractivity contribution in [2.24, 2.45) is 0 Å². The van der Waals surface area contributed by atoms with Crippen molar-refractivity contribution in [3.63, 3.8) is 0 Å². The van der Waals surface area contributed by atoms with Gasteiger partial charge in [0.05, 0.1) is 25.1 Å². The van der Waals surface area contributed by atoms with Gasteiger partial charge in [0.2, 0.25) is 15.9 Å². The normalized spacial score (nSPS) is 19.5. The number of piperidine rings is 2. The Bertz CT molecular complexity index is 1500. The molecule has 3 heterocycles. The predicted molar refractivity (Wildman–Crippen MR) is 176 cm³/mol. The van der Waals surface area contributed by atoms with Crippen LogP contribution in [0.4, 0.5) is 0 Å². The number of benzene rings is 2. The lowest BCUT2D eigenvalue weighted by Crippen LogP contribution is -2.51. The zero-order valence-corrected chi connectivity index (χ0v) is 28.1. The van der Waals surface area contributed by atoms with Crippen molar-refractivity contribution in [1.29, 1.82) is 0 Å². The topological polar surface area (TPSA) is 100 Å². The second-order valence-corrected chi connectivity index (χ2v) is 14.3. The molecule has 0 amide bonds. The highest BCUT2D eigenvalue weighted by Crippen LogP contribution is 2.37. The minimum absolute atomic E-state index is 0.0899. The maximum absolute atomic E-state index is 13.7. The van der Waals surface area contributed by atoms with Gasteiger partial charge in [0.15, 0.2) is 0 Å². The Morgan fingerprint density at radius 2 is 1.76 bits per heavy atom. The molecule has 10 nitrogen and oxygen atoms in total. The van der Waals surface area contributed by atoms with Gasteiger partial charge in [-0.2, -0.15) is 9.29 Å². The van der Waals surface area contributed by atoms with E-state index in [1.807, 2.05) is 13.8 Å². The van der Waals surface area contributed by atoms with Crippen LogP contribution in [0.3, 0.4) is 0 Å². The molecular formula is C34H48N6O4S. The average Bonchev–Trinajstić information content (AvgIpc) is 3.03. The maximum Gasteiger partial charge on any atom is 0.243 e. The highest BCUT2D eigenvalue weighted by atomic mass is 32.2. The van der Waals surface area contributed by atoms with Gasteiger partial charge in [-0.3, -0.25) is 4.90 Å². The smallest absolute Gasteiger partial charge is 0.243 e. The van der Waals surface area contributed by atoms with E-state index in [4.69, 9.17) is 9.47 Å². The Morgan fingerprint density at radius 3 is 2.42 bits per heavy atom. The van der Waals surface area contributed by atoms with Gasteiger partial charge in [-0.05, 0) is 82.4 Å². The first-order chi connectivity index (χ1) is 21.6. The summed E-state index contributed by atoms with van der Waals surface area (Å²) in [5, 5.41) is 3.49. The molecule has 0 radical (unpaired) electrons. The first kappa shape index (κ1) is 33.3. The van der Waals surface area contributed by atoms with Crippen LogP contribution in [-0.4, -0.2) is 99.1 Å². The number of likely N-dealkylation sites (tertiary alicyclic amines) is 1. The molecule has 0 aliphatic carbocycles. The fraction of sp³-hybridized carbons (Fsp3) is 0.529. The van der Waals surface area contributed by atoms with Crippen molar-refractivity contribution >= 4 is 10.0 Å². The number of aryl methyl sites for hydroxylation is 2. The van der Waals surface area contributed by atoms with Gasteiger partial charge >= 0.3 is 0 Å². The Balaban J connectivity index is 1.11. The number of nitrogens with zero attached hydrogens (tertiary/aromatic N) is 5.